The number of ether oxygens (including phenoxy) is 2. The van der Waals surface area contributed by atoms with Crippen LogP contribution in [-0.2, 0) is 44.5 Å². The van der Waals surface area contributed by atoms with Gasteiger partial charge in [0.25, 0.3) is 0 Å². The summed E-state index contributed by atoms with van der Waals surface area (Å²) in [5, 5.41) is 0.629. The largest absolute Gasteiger partial charge is 0.497 e. The molecule has 0 radical (unpaired) electrons. The Hall–Kier alpha value is -10.0. The molecule has 17 nitrogen and oxygen atoms in total. The van der Waals surface area contributed by atoms with E-state index in [0.29, 0.717) is 51.3 Å². The molecule has 0 unspecified atom stereocenters. The third kappa shape index (κ3) is 30.2. The summed E-state index contributed by atoms with van der Waals surface area (Å²) in [5.41, 5.74) is 4.24. The number of aryl methyl sites for hydroxylation is 1. The molecule has 0 spiro atoms. The minimum Gasteiger partial charge on any atom is -0.497 e. The van der Waals surface area contributed by atoms with E-state index in [2.05, 4.69) is 50.9 Å². The van der Waals surface area contributed by atoms with Crippen molar-refractivity contribution in [3.8, 4) is 5.75 Å². The number of hydrogen-bond donors (Lipinski definition) is 0. The average molecular weight is 1150 g/mol. The highest BCUT2D eigenvalue weighted by atomic mass is 79.9. The number of hydrogen-bond acceptors (Lipinski definition) is 17. The first-order valence-electron chi connectivity index (χ1n) is 21.5. The van der Waals surface area contributed by atoms with Gasteiger partial charge in [0.2, 0.25) is 42.6 Å². The van der Waals surface area contributed by atoms with E-state index in [9.17, 15) is 55.9 Å². The molecule has 0 heterocycles. The highest BCUT2D eigenvalue weighted by molar-refractivity contribution is 9.10. The molecule has 0 saturated carbocycles. The van der Waals surface area contributed by atoms with Crippen molar-refractivity contribution < 1.29 is 65.4 Å². The molecule has 0 aromatic heterocycles. The van der Waals surface area contributed by atoms with Crippen LogP contribution in [0.2, 0.25) is 5.02 Å². The smallest absolute Gasteiger partial charge is 0.416 e. The summed E-state index contributed by atoms with van der Waals surface area (Å²) < 4.78 is 58.8. The zero-order valence-electron chi connectivity index (χ0n) is 40.9. The molecule has 7 aromatic carbocycles. The first kappa shape index (κ1) is 66.0. The standard InChI is InChI=1S/C10H9NO3.C8H4F3NO.C8H7NO2.C8H7NO.C7H4BrNO.C7H4ClNO.C7H4FNO/c1-2-14-10(13)8-3-5-9(6-4-8)11-7-12;9-8(10,11)6-1-3-7(4-2-6)12-5-13;1-11-8-4-2-7(3-5-8)9-6-10;1-7-3-2-4-8(5-7)9-6-10;3*8-6-1-3-7(4-2-6)9-5-10/h3-6H,2H2,1H3;1-4H;2-5H,1H3;2-5H,1H3;3*1-4H. The highest BCUT2D eigenvalue weighted by Gasteiger charge is 2.29. The summed E-state index contributed by atoms with van der Waals surface area (Å²) in [5.74, 6) is 0.0221. The van der Waals surface area contributed by atoms with E-state index in [0.717, 1.165) is 40.1 Å². The number of carbonyl (C=O) groups excluding carboxylic acids is 8. The lowest BCUT2D eigenvalue weighted by Crippen LogP contribution is -2.03. The van der Waals surface area contributed by atoms with Gasteiger partial charge in [0.1, 0.15) is 11.6 Å². The van der Waals surface area contributed by atoms with E-state index in [-0.39, 0.29) is 17.5 Å². The topological polar surface area (TPSA) is 242 Å². The van der Waals surface area contributed by atoms with Gasteiger partial charge in [0, 0.05) is 9.50 Å². The summed E-state index contributed by atoms with van der Waals surface area (Å²) in [6, 6.07) is 43.3. The fraction of sp³-hybridized carbons (Fsp3) is 0.0909. The van der Waals surface area contributed by atoms with Gasteiger partial charge in [-0.25, -0.2) is 42.7 Å². The van der Waals surface area contributed by atoms with Gasteiger partial charge in [-0.2, -0.15) is 48.1 Å². The van der Waals surface area contributed by atoms with Crippen molar-refractivity contribution in [2.45, 2.75) is 20.0 Å². The third-order valence-corrected chi connectivity index (χ3v) is 9.13. The molecule has 0 fully saturated rings. The van der Waals surface area contributed by atoms with Gasteiger partial charge in [-0.05, 0) is 177 Å². The molecule has 0 saturated heterocycles. The van der Waals surface area contributed by atoms with Gasteiger partial charge in [-0.1, -0.05) is 39.7 Å². The number of methoxy groups -OCH3 is 1. The lowest BCUT2D eigenvalue weighted by Gasteiger charge is -2.04. The predicted octanol–water partition coefficient (Wildman–Crippen LogP) is 14.6. The molecule has 396 valence electrons. The number of halogens is 6. The van der Waals surface area contributed by atoms with Crippen molar-refractivity contribution in [2.75, 3.05) is 13.7 Å². The molecule has 23 heteroatoms. The van der Waals surface area contributed by atoms with Gasteiger partial charge in [0.15, 0.2) is 0 Å². The van der Waals surface area contributed by atoms with Gasteiger partial charge in [-0.15, -0.1) is 0 Å². The SMILES string of the molecule is CCOC(=O)c1ccc(N=C=O)cc1.COc1ccc(N=C=O)cc1.Cc1cccc(N=C=O)c1.O=C=Nc1ccc(Br)cc1.O=C=Nc1ccc(C(F)(F)F)cc1.O=C=Nc1ccc(Cl)cc1.O=C=Nc1ccc(F)cc1. The molecule has 0 bridgehead atoms. The molecule has 7 rings (SSSR count). The number of esters is 1. The van der Waals surface area contributed by atoms with Crippen molar-refractivity contribution in [2.24, 2.45) is 34.9 Å². The Labute approximate surface area is 455 Å². The second-order valence-corrected chi connectivity index (χ2v) is 15.1. The minimum absolute atomic E-state index is 0.156. The van der Waals surface area contributed by atoms with Crippen LogP contribution < -0.4 is 4.74 Å². The molecular formula is C55H39BrClF4N7O10. The van der Waals surface area contributed by atoms with Gasteiger partial charge in [-0.3, -0.25) is 0 Å². The molecule has 78 heavy (non-hydrogen) atoms. The second-order valence-electron chi connectivity index (χ2n) is 13.7. The Morgan fingerprint density at radius 3 is 1.22 bits per heavy atom. The second kappa shape index (κ2) is 39.4. The van der Waals surface area contributed by atoms with E-state index in [1.807, 2.05) is 37.3 Å². The van der Waals surface area contributed by atoms with Crippen LogP contribution >= 0.6 is 27.5 Å². The molecular weight excluding hydrogens is 1110 g/mol. The predicted molar refractivity (Wildman–Crippen MR) is 284 cm³/mol. The van der Waals surface area contributed by atoms with E-state index < -0.39 is 11.7 Å². The highest BCUT2D eigenvalue weighted by Crippen LogP contribution is 2.30. The number of alkyl halides is 3. The molecule has 0 N–H and O–H groups in total. The lowest BCUT2D eigenvalue weighted by molar-refractivity contribution is -0.137. The first-order valence-corrected chi connectivity index (χ1v) is 22.6. The average Bonchev–Trinajstić information content (AvgIpc) is 3.43. The Balaban J connectivity index is 0.000000457. The van der Waals surface area contributed by atoms with Crippen molar-refractivity contribution in [1.82, 2.24) is 0 Å². The molecule has 0 aliphatic rings. The normalized spacial score (nSPS) is 8.94. The van der Waals surface area contributed by atoms with Gasteiger partial charge < -0.3 is 9.47 Å². The van der Waals surface area contributed by atoms with Crippen LogP contribution in [0.15, 0.2) is 209 Å². The van der Waals surface area contributed by atoms with Crippen molar-refractivity contribution in [1.29, 1.82) is 0 Å². The fourth-order valence-corrected chi connectivity index (χ4v) is 5.27. The first-order chi connectivity index (χ1) is 37.5. The maximum Gasteiger partial charge on any atom is 0.416 e. The Morgan fingerprint density at radius 2 is 0.859 bits per heavy atom. The number of aliphatic imine (C=N–C) groups is 7. The van der Waals surface area contributed by atoms with E-state index in [4.69, 9.17) is 21.1 Å². The van der Waals surface area contributed by atoms with Crippen LogP contribution in [0.25, 0.3) is 0 Å². The number of benzene rings is 7. The molecule has 0 amide bonds. The zero-order chi connectivity index (χ0) is 58.0. The third-order valence-electron chi connectivity index (χ3n) is 8.35. The van der Waals surface area contributed by atoms with Crippen molar-refractivity contribution in [3.05, 3.63) is 202 Å². The van der Waals surface area contributed by atoms with Crippen LogP contribution in [0.5, 0.6) is 5.75 Å². The van der Waals surface area contributed by atoms with Crippen LogP contribution in [0.3, 0.4) is 0 Å². The summed E-state index contributed by atoms with van der Waals surface area (Å²) in [6.45, 7) is 4.03. The van der Waals surface area contributed by atoms with Crippen LogP contribution in [0.4, 0.5) is 57.4 Å². The van der Waals surface area contributed by atoms with Crippen molar-refractivity contribution >= 4 is 116 Å². The molecule has 7 aromatic rings. The maximum atomic E-state index is 12.2. The van der Waals surface area contributed by atoms with Gasteiger partial charge >= 0.3 is 12.1 Å². The van der Waals surface area contributed by atoms with Crippen LogP contribution in [0.1, 0.15) is 28.4 Å². The van der Waals surface area contributed by atoms with E-state index in [1.165, 1.54) is 66.8 Å². The number of rotatable bonds is 10. The Kier molecular flexibility index (Phi) is 33.3. The van der Waals surface area contributed by atoms with Crippen LogP contribution in [-0.4, -0.2) is 62.2 Å². The summed E-state index contributed by atoms with van der Waals surface area (Å²) in [4.78, 5) is 103. The van der Waals surface area contributed by atoms with Gasteiger partial charge in [0.05, 0.1) is 64.7 Å². The fourth-order valence-electron chi connectivity index (χ4n) is 4.88. The zero-order valence-corrected chi connectivity index (χ0v) is 43.2. The monoisotopic (exact) mass is 1150 g/mol. The minimum atomic E-state index is -4.36. The maximum absolute atomic E-state index is 12.2. The number of carbonyl (C=O) groups is 1. The van der Waals surface area contributed by atoms with Crippen LogP contribution in [0, 0.1) is 12.7 Å². The molecule has 0 atom stereocenters. The lowest BCUT2D eigenvalue weighted by atomic mass is 10.2. The summed E-state index contributed by atoms with van der Waals surface area (Å²) in [7, 11) is 1.58. The van der Waals surface area contributed by atoms with Crippen molar-refractivity contribution in [3.63, 3.8) is 0 Å². The summed E-state index contributed by atoms with van der Waals surface area (Å²) >= 11 is 8.83. The quantitative estimate of drug-likeness (QED) is 0.0543. The summed E-state index contributed by atoms with van der Waals surface area (Å²) in [6.07, 6.45) is 5.49. The molecule has 0 aliphatic heterocycles. The van der Waals surface area contributed by atoms with E-state index >= 15 is 0 Å². The number of nitrogens with zero attached hydrogens (tertiary/aromatic N) is 7. The number of isocyanates is 7. The van der Waals surface area contributed by atoms with E-state index in [1.54, 1.807) is 105 Å². The Morgan fingerprint density at radius 1 is 0.513 bits per heavy atom. The Bertz CT molecular complexity index is 3150. The molecule has 0 aliphatic carbocycles.